The largest absolute Gasteiger partial charge is 0.548 e. The third kappa shape index (κ3) is 3.03. The van der Waals surface area contributed by atoms with E-state index in [9.17, 15) is 19.8 Å². The average molecular weight is 375 g/mol. The summed E-state index contributed by atoms with van der Waals surface area (Å²) in [5, 5.41) is 23.3. The number of aromatic hydroxyl groups is 1. The second-order valence-electron chi connectivity index (χ2n) is 5.68. The van der Waals surface area contributed by atoms with Crippen molar-refractivity contribution in [1.29, 1.82) is 0 Å². The highest BCUT2D eigenvalue weighted by Crippen LogP contribution is 2.36. The number of rotatable bonds is 6. The Morgan fingerprint density at radius 2 is 2.16 bits per heavy atom. The summed E-state index contributed by atoms with van der Waals surface area (Å²) in [6.07, 6.45) is 1.75. The molecule has 0 unspecified atom stereocenters. The monoisotopic (exact) mass is 375 g/mol. The second-order valence-corrected chi connectivity index (χ2v) is 7.32. The van der Waals surface area contributed by atoms with Gasteiger partial charge in [-0.15, -0.1) is 11.3 Å². The zero-order valence-corrected chi connectivity index (χ0v) is 15.0. The Hall–Kier alpha value is -2.32. The van der Waals surface area contributed by atoms with Gasteiger partial charge in [-0.1, -0.05) is 38.0 Å². The molecule has 25 heavy (non-hydrogen) atoms. The number of thiazole rings is 1. The van der Waals surface area contributed by atoms with Crippen LogP contribution in [0.25, 0.3) is 5.57 Å². The maximum Gasteiger partial charge on any atom is 0.279 e. The first kappa shape index (κ1) is 17.5. The van der Waals surface area contributed by atoms with Crippen LogP contribution >= 0.6 is 23.6 Å². The van der Waals surface area contributed by atoms with E-state index in [1.807, 2.05) is 6.92 Å². The predicted octanol–water partition coefficient (Wildman–Crippen LogP) is 0.825. The lowest BCUT2D eigenvalue weighted by Gasteiger charge is -2.20. The van der Waals surface area contributed by atoms with Crippen LogP contribution in [-0.2, 0) is 9.59 Å². The molecule has 3 rings (SSSR count). The molecule has 1 atom stereocenters. The zero-order chi connectivity index (χ0) is 18.1. The van der Waals surface area contributed by atoms with Gasteiger partial charge in [0.15, 0.2) is 3.95 Å². The fraction of sp³-hybridized carbons (Fsp3) is 0.294. The minimum Gasteiger partial charge on any atom is -0.548 e. The number of carbonyl (C=O) groups is 2. The first-order valence-electron chi connectivity index (χ1n) is 7.83. The molecule has 6 nitrogen and oxygen atoms in total. The minimum atomic E-state index is -1.31. The molecule has 2 aromatic rings. The van der Waals surface area contributed by atoms with Crippen molar-refractivity contribution < 1.29 is 19.8 Å². The summed E-state index contributed by atoms with van der Waals surface area (Å²) in [5.41, 5.74) is 0.246. The highest BCUT2D eigenvalue weighted by molar-refractivity contribution is 7.73. The van der Waals surface area contributed by atoms with Gasteiger partial charge >= 0.3 is 0 Å². The number of amides is 1. The molecule has 8 heteroatoms. The van der Waals surface area contributed by atoms with Gasteiger partial charge in [-0.2, -0.15) is 0 Å². The number of carboxylic acids is 1. The Morgan fingerprint density at radius 3 is 2.84 bits per heavy atom. The Labute approximate surface area is 152 Å². The molecule has 1 aromatic heterocycles. The lowest BCUT2D eigenvalue weighted by molar-refractivity contribution is -0.310. The van der Waals surface area contributed by atoms with Gasteiger partial charge in [-0.25, -0.2) is 4.99 Å². The summed E-state index contributed by atoms with van der Waals surface area (Å²) in [5.74, 6) is -2.11. The van der Waals surface area contributed by atoms with Crippen LogP contribution in [0.3, 0.4) is 0 Å². The van der Waals surface area contributed by atoms with Gasteiger partial charge in [0.05, 0.1) is 22.9 Å². The molecule has 1 N–H and O–H groups in total. The number of fused-ring (bicyclic) bond motifs is 1. The molecule has 2 heterocycles. The molecule has 0 fully saturated rings. The van der Waals surface area contributed by atoms with Gasteiger partial charge in [-0.05, 0) is 24.7 Å². The molecule has 1 aliphatic rings. The molecule has 130 valence electrons. The van der Waals surface area contributed by atoms with Gasteiger partial charge in [0.25, 0.3) is 5.91 Å². The highest BCUT2D eigenvalue weighted by atomic mass is 32.1. The van der Waals surface area contributed by atoms with E-state index in [1.54, 1.807) is 24.3 Å². The Kier molecular flexibility index (Phi) is 4.82. The maximum absolute atomic E-state index is 12.3. The number of hydrogen-bond acceptors (Lipinski definition) is 6. The summed E-state index contributed by atoms with van der Waals surface area (Å²) in [4.78, 5) is 28.0. The van der Waals surface area contributed by atoms with Crippen molar-refractivity contribution in [2.24, 2.45) is 4.99 Å². The zero-order valence-electron chi connectivity index (χ0n) is 13.4. The summed E-state index contributed by atoms with van der Waals surface area (Å²) >= 11 is 6.26. The van der Waals surface area contributed by atoms with Crippen molar-refractivity contribution in [3.63, 3.8) is 0 Å². The van der Waals surface area contributed by atoms with E-state index in [1.165, 1.54) is 4.57 Å². The van der Waals surface area contributed by atoms with Crippen LogP contribution in [-0.4, -0.2) is 21.6 Å². The molecular weight excluding hydrogens is 360 g/mol. The van der Waals surface area contributed by atoms with Crippen molar-refractivity contribution >= 4 is 41.0 Å². The molecule has 0 saturated carbocycles. The number of nitrogens with zero attached hydrogens (tertiary/aromatic N) is 2. The number of aliphatic carboxylic acids is 1. The van der Waals surface area contributed by atoms with Gasteiger partial charge in [0, 0.05) is 5.22 Å². The van der Waals surface area contributed by atoms with Crippen LogP contribution in [0.15, 0.2) is 29.3 Å². The number of aromatic nitrogens is 1. The van der Waals surface area contributed by atoms with E-state index >= 15 is 0 Å². The normalized spacial score (nSPS) is 14.3. The topological polar surface area (TPSA) is 94.7 Å². The Bertz CT molecular complexity index is 1040. The number of unbranched alkanes of at least 4 members (excludes halogenated alkanes) is 1. The van der Waals surface area contributed by atoms with Crippen LogP contribution in [0, 0.1) is 3.95 Å². The molecule has 1 amide bonds. The Morgan fingerprint density at radius 1 is 1.44 bits per heavy atom. The third-order valence-corrected chi connectivity index (χ3v) is 5.48. The smallest absolute Gasteiger partial charge is 0.279 e. The molecule has 0 spiro atoms. The van der Waals surface area contributed by atoms with Crippen LogP contribution in [0.4, 0.5) is 0 Å². The van der Waals surface area contributed by atoms with Crippen molar-refractivity contribution in [1.82, 2.24) is 4.57 Å². The summed E-state index contributed by atoms with van der Waals surface area (Å²) in [6.45, 7) is 1.94. The van der Waals surface area contributed by atoms with Gasteiger partial charge in [-0.3, -0.25) is 9.36 Å². The summed E-state index contributed by atoms with van der Waals surface area (Å²) < 4.78 is 1.35. The molecule has 0 aliphatic carbocycles. The molecular formula is C17H15N2O4S2-. The van der Waals surface area contributed by atoms with Crippen molar-refractivity contribution in [3.8, 4) is 5.88 Å². The standard InChI is InChI=1S/C17H16N2O4S2/c1-2-3-8-11(16(22)23)19-15(21)13(25-17(19)24)12-9-6-4-5-7-10(9)18-14(12)20/h4-7,11,21H,2-3,8H2,1H3,(H,22,23)/p-1/t11-/m1/s1. The summed E-state index contributed by atoms with van der Waals surface area (Å²) in [7, 11) is 0. The van der Waals surface area contributed by atoms with E-state index in [2.05, 4.69) is 4.99 Å². The third-order valence-electron chi connectivity index (χ3n) is 4.07. The quantitative estimate of drug-likeness (QED) is 0.755. The van der Waals surface area contributed by atoms with Crippen LogP contribution in [0.2, 0.25) is 0 Å². The first-order valence-corrected chi connectivity index (χ1v) is 9.06. The van der Waals surface area contributed by atoms with E-state index in [0.717, 1.165) is 17.8 Å². The average Bonchev–Trinajstić information content (AvgIpc) is 3.04. The van der Waals surface area contributed by atoms with Crippen molar-refractivity contribution in [2.45, 2.75) is 32.2 Å². The fourth-order valence-electron chi connectivity index (χ4n) is 2.85. The van der Waals surface area contributed by atoms with Crippen molar-refractivity contribution in [2.75, 3.05) is 0 Å². The van der Waals surface area contributed by atoms with Crippen molar-refractivity contribution in [3.05, 3.63) is 43.7 Å². The Balaban J connectivity index is 2.20. The van der Waals surface area contributed by atoms with Crippen LogP contribution in [0.5, 0.6) is 5.88 Å². The maximum atomic E-state index is 12.3. The minimum absolute atomic E-state index is 0.183. The van der Waals surface area contributed by atoms with Gasteiger partial charge in [0.1, 0.15) is 4.88 Å². The fourth-order valence-corrected chi connectivity index (χ4v) is 4.29. The van der Waals surface area contributed by atoms with E-state index in [4.69, 9.17) is 12.2 Å². The molecule has 0 radical (unpaired) electrons. The number of hydrogen-bond donors (Lipinski definition) is 1. The van der Waals surface area contributed by atoms with Crippen LogP contribution in [0.1, 0.15) is 37.1 Å². The molecule has 1 aliphatic heterocycles. The number of carboxylic acid groups (broad SMARTS) is 1. The lowest BCUT2D eigenvalue weighted by atomic mass is 10.1. The van der Waals surface area contributed by atoms with Gasteiger partial charge in [0.2, 0.25) is 5.88 Å². The first-order chi connectivity index (χ1) is 12.0. The van der Waals surface area contributed by atoms with E-state index in [-0.39, 0.29) is 20.3 Å². The van der Waals surface area contributed by atoms with Crippen LogP contribution < -0.4 is 15.7 Å². The number of carbonyl (C=O) groups excluding carboxylic acids is 2. The molecule has 0 saturated heterocycles. The van der Waals surface area contributed by atoms with E-state index < -0.39 is 17.9 Å². The number of benzene rings is 1. The second kappa shape index (κ2) is 6.89. The summed E-state index contributed by atoms with van der Waals surface area (Å²) in [6, 6.07) is 5.91. The SMILES string of the molecule is CCCC[C@H](C(=O)[O-])n1c(O)c(C2=c3ccccc3=NC2=O)sc1=S. The molecule has 0 bridgehead atoms. The lowest BCUT2D eigenvalue weighted by Crippen LogP contribution is -2.33. The number of para-hydroxylation sites is 1. The van der Waals surface area contributed by atoms with E-state index in [0.29, 0.717) is 23.4 Å². The predicted molar refractivity (Wildman–Crippen MR) is 93.1 cm³/mol. The van der Waals surface area contributed by atoms with Gasteiger partial charge < -0.3 is 15.0 Å². The molecule has 1 aromatic carbocycles. The highest BCUT2D eigenvalue weighted by Gasteiger charge is 2.27.